The Kier molecular flexibility index (Phi) is 6.46. The Morgan fingerprint density at radius 2 is 1.08 bits per heavy atom. The summed E-state index contributed by atoms with van der Waals surface area (Å²) in [5.74, 6) is 0.400. The molecule has 36 heavy (non-hydrogen) atoms. The topological polar surface area (TPSA) is 99.4 Å². The number of halogens is 2. The molecule has 0 spiro atoms. The third-order valence-electron chi connectivity index (χ3n) is 5.65. The zero-order valence-corrected chi connectivity index (χ0v) is 20.2. The van der Waals surface area contributed by atoms with Crippen LogP contribution in [-0.2, 0) is 6.42 Å². The monoisotopic (exact) mass is 515 g/mol. The molecule has 0 aliphatic heterocycles. The van der Waals surface area contributed by atoms with E-state index in [1.807, 2.05) is 42.5 Å². The van der Waals surface area contributed by atoms with Crippen LogP contribution in [0.2, 0.25) is 10.0 Å². The molecule has 0 saturated carbocycles. The van der Waals surface area contributed by atoms with Crippen molar-refractivity contribution in [2.75, 3.05) is 0 Å². The third-order valence-corrected chi connectivity index (χ3v) is 6.31. The first kappa shape index (κ1) is 23.6. The van der Waals surface area contributed by atoms with Gasteiger partial charge in [-0.2, -0.15) is 0 Å². The molecule has 0 radical (unpaired) electrons. The van der Waals surface area contributed by atoms with Gasteiger partial charge in [0.2, 0.25) is 0 Å². The molecule has 3 aromatic carbocycles. The van der Waals surface area contributed by atoms with Gasteiger partial charge in [0.25, 0.3) is 0 Å². The number of phenols is 3. The van der Waals surface area contributed by atoms with Gasteiger partial charge in [-0.25, -0.2) is 9.97 Å². The van der Waals surface area contributed by atoms with Crippen LogP contribution in [0.5, 0.6) is 17.2 Å². The van der Waals surface area contributed by atoms with Crippen molar-refractivity contribution < 1.29 is 15.3 Å². The van der Waals surface area contributed by atoms with E-state index in [9.17, 15) is 15.3 Å². The van der Waals surface area contributed by atoms with Crippen molar-refractivity contribution in [3.8, 4) is 17.2 Å². The van der Waals surface area contributed by atoms with Gasteiger partial charge in [-0.1, -0.05) is 41.4 Å². The molecule has 6 rings (SSSR count). The maximum atomic E-state index is 10.0. The second-order valence-electron chi connectivity index (χ2n) is 8.06. The number of para-hydroxylation sites is 1. The number of aromatic hydroxyl groups is 3. The fraction of sp³-hybridized carbons (Fsp3) is 0.0357. The van der Waals surface area contributed by atoms with Crippen molar-refractivity contribution in [1.82, 2.24) is 15.0 Å². The normalized spacial score (nSPS) is 10.9. The van der Waals surface area contributed by atoms with Crippen molar-refractivity contribution in [2.24, 2.45) is 0 Å². The Morgan fingerprint density at radius 3 is 1.64 bits per heavy atom. The minimum absolute atomic E-state index is 0.0807. The van der Waals surface area contributed by atoms with Gasteiger partial charge in [0, 0.05) is 40.2 Å². The lowest BCUT2D eigenvalue weighted by molar-refractivity contribution is 0.479. The molecule has 0 atom stereocenters. The largest absolute Gasteiger partial charge is 0.506 e. The predicted octanol–water partition coefficient (Wildman–Crippen LogP) is 7.03. The highest BCUT2D eigenvalue weighted by Gasteiger charge is 2.10. The van der Waals surface area contributed by atoms with Crippen LogP contribution in [0.15, 0.2) is 85.1 Å². The van der Waals surface area contributed by atoms with Crippen LogP contribution in [0.25, 0.3) is 32.7 Å². The Labute approximate surface area is 216 Å². The Bertz CT molecular complexity index is 1650. The molecule has 3 aromatic heterocycles. The molecule has 0 fully saturated rings. The van der Waals surface area contributed by atoms with E-state index in [0.29, 0.717) is 43.8 Å². The minimum atomic E-state index is 0.0807. The van der Waals surface area contributed by atoms with Crippen LogP contribution in [0.1, 0.15) is 11.4 Å². The van der Waals surface area contributed by atoms with Gasteiger partial charge in [-0.15, -0.1) is 0 Å². The summed E-state index contributed by atoms with van der Waals surface area (Å²) < 4.78 is 0. The number of hydrogen-bond donors (Lipinski definition) is 3. The third kappa shape index (κ3) is 4.69. The highest BCUT2D eigenvalue weighted by Crippen LogP contribution is 2.31. The Hall–Kier alpha value is -4.13. The summed E-state index contributed by atoms with van der Waals surface area (Å²) in [5, 5.41) is 32.8. The molecule has 178 valence electrons. The maximum absolute atomic E-state index is 10.0. The fourth-order valence-corrected chi connectivity index (χ4v) is 4.32. The molecule has 3 heterocycles. The second-order valence-corrected chi connectivity index (χ2v) is 8.87. The van der Waals surface area contributed by atoms with Crippen LogP contribution in [0, 0.1) is 0 Å². The summed E-state index contributed by atoms with van der Waals surface area (Å²) in [6, 6.07) is 22.8. The summed E-state index contributed by atoms with van der Waals surface area (Å²) >= 11 is 12.3. The molecule has 0 aliphatic rings. The van der Waals surface area contributed by atoms with Crippen molar-refractivity contribution in [3.05, 3.63) is 106 Å². The van der Waals surface area contributed by atoms with Crippen LogP contribution in [0.4, 0.5) is 0 Å². The van der Waals surface area contributed by atoms with Gasteiger partial charge in [0.15, 0.2) is 0 Å². The number of hydrogen-bond acceptors (Lipinski definition) is 6. The summed E-state index contributed by atoms with van der Waals surface area (Å²) in [6.45, 7) is 0. The van der Waals surface area contributed by atoms with Crippen LogP contribution < -0.4 is 0 Å². The maximum Gasteiger partial charge on any atom is 0.141 e. The summed E-state index contributed by atoms with van der Waals surface area (Å²) in [4.78, 5) is 13.0. The lowest BCUT2D eigenvalue weighted by atomic mass is 10.1. The smallest absolute Gasteiger partial charge is 0.141 e. The molecule has 0 bridgehead atoms. The minimum Gasteiger partial charge on any atom is -0.506 e. The molecule has 6 nitrogen and oxygen atoms in total. The number of nitrogens with zero attached hydrogens (tertiary/aromatic N) is 3. The van der Waals surface area contributed by atoms with Gasteiger partial charge in [-0.3, -0.25) is 4.98 Å². The predicted molar refractivity (Wildman–Crippen MR) is 143 cm³/mol. The average molecular weight is 516 g/mol. The Morgan fingerprint density at radius 1 is 0.556 bits per heavy atom. The zero-order chi connectivity index (χ0) is 25.2. The number of fused-ring (bicyclic) bond motifs is 3. The molecule has 0 unspecified atom stereocenters. The first-order valence-electron chi connectivity index (χ1n) is 11.0. The van der Waals surface area contributed by atoms with Gasteiger partial charge in [-0.05, 0) is 60.7 Å². The molecule has 8 heteroatoms. The number of rotatable bonds is 2. The molecule has 0 aliphatic carbocycles. The van der Waals surface area contributed by atoms with E-state index < -0.39 is 0 Å². The summed E-state index contributed by atoms with van der Waals surface area (Å²) in [7, 11) is 0. The first-order chi connectivity index (χ1) is 17.4. The number of aromatic nitrogens is 3. The quantitative estimate of drug-likeness (QED) is 0.229. The van der Waals surface area contributed by atoms with E-state index in [0.717, 1.165) is 16.8 Å². The van der Waals surface area contributed by atoms with Gasteiger partial charge in [0.1, 0.15) is 33.8 Å². The first-order valence-corrected chi connectivity index (χ1v) is 11.7. The van der Waals surface area contributed by atoms with E-state index >= 15 is 0 Å². The standard InChI is InChI=1S/C19H12Cl2N2O2.C9H7NO/c20-14-5-7-16(24)18-12(14)3-1-10(22-18)9-11-2-4-13-15(21)6-8-17(25)19(13)23-11;11-8-5-1-3-7-4-2-6-10-9(7)8/h1-8,24-25H,9H2;1-6,11H. The van der Waals surface area contributed by atoms with Crippen molar-refractivity contribution in [2.45, 2.75) is 6.42 Å². The van der Waals surface area contributed by atoms with Crippen molar-refractivity contribution in [3.63, 3.8) is 0 Å². The van der Waals surface area contributed by atoms with Crippen molar-refractivity contribution in [1.29, 1.82) is 0 Å². The molecule has 0 amide bonds. The molecular formula is C28H19Cl2N3O3. The number of pyridine rings is 3. The van der Waals surface area contributed by atoms with Crippen molar-refractivity contribution >= 4 is 55.9 Å². The van der Waals surface area contributed by atoms with E-state index in [4.69, 9.17) is 23.2 Å². The SMILES string of the molecule is Oc1ccc(Cl)c2ccc(Cc3ccc4c(Cl)ccc(O)c4n3)nc12.Oc1cccc2cccnc12. The van der Waals surface area contributed by atoms with E-state index in [-0.39, 0.29) is 17.2 Å². The van der Waals surface area contributed by atoms with Crippen LogP contribution in [0.3, 0.4) is 0 Å². The summed E-state index contributed by atoms with van der Waals surface area (Å²) in [5.41, 5.74) is 3.04. The lowest BCUT2D eigenvalue weighted by Gasteiger charge is -2.08. The molecular weight excluding hydrogens is 497 g/mol. The van der Waals surface area contributed by atoms with Crippen LogP contribution in [-0.4, -0.2) is 30.3 Å². The van der Waals surface area contributed by atoms with E-state index in [1.54, 1.807) is 30.5 Å². The number of benzene rings is 3. The van der Waals surface area contributed by atoms with Gasteiger partial charge < -0.3 is 15.3 Å². The second kappa shape index (κ2) is 9.85. The van der Waals surface area contributed by atoms with E-state index in [1.165, 1.54) is 12.1 Å². The summed E-state index contributed by atoms with van der Waals surface area (Å²) in [6.07, 6.45) is 2.12. The molecule has 6 aromatic rings. The van der Waals surface area contributed by atoms with Gasteiger partial charge in [0.05, 0.1) is 10.0 Å². The molecule has 3 N–H and O–H groups in total. The lowest BCUT2D eigenvalue weighted by Crippen LogP contribution is -1.96. The number of phenolic OH excluding ortho intramolecular Hbond substituents is 3. The highest BCUT2D eigenvalue weighted by atomic mass is 35.5. The van der Waals surface area contributed by atoms with E-state index in [2.05, 4.69) is 15.0 Å². The average Bonchev–Trinajstić information content (AvgIpc) is 2.89. The Balaban J connectivity index is 0.000000202. The fourth-order valence-electron chi connectivity index (χ4n) is 3.89. The highest BCUT2D eigenvalue weighted by molar-refractivity contribution is 6.36. The van der Waals surface area contributed by atoms with Crippen LogP contribution >= 0.6 is 23.2 Å². The van der Waals surface area contributed by atoms with Gasteiger partial charge >= 0.3 is 0 Å². The zero-order valence-electron chi connectivity index (χ0n) is 18.7. The molecule has 0 saturated heterocycles.